The molecule has 2 aliphatic heterocycles. The van der Waals surface area contributed by atoms with Gasteiger partial charge in [0, 0.05) is 6.04 Å². The summed E-state index contributed by atoms with van der Waals surface area (Å²) in [5.41, 5.74) is 2.21. The quantitative estimate of drug-likeness (QED) is 0.907. The average molecular weight is 306 g/mol. The standard InChI is InChI=1S/C14H18N4O2S/c1-9-5-6-18(12(9)8-19)7-13(20)15-10-3-2-4-11-14(10)17-21-16-11/h2-4,9,12,19H,5-8H2,1H3,(H,15,20). The molecular weight excluding hydrogens is 288 g/mol. The molecule has 0 bridgehead atoms. The lowest BCUT2D eigenvalue weighted by Gasteiger charge is -2.24. The number of nitrogens with one attached hydrogen (secondary N) is 1. The van der Waals surface area contributed by atoms with E-state index in [0.29, 0.717) is 18.2 Å². The van der Waals surface area contributed by atoms with E-state index in [1.807, 2.05) is 23.1 Å². The molecule has 2 aliphatic rings. The summed E-state index contributed by atoms with van der Waals surface area (Å²) in [4.78, 5) is 14.3. The fraction of sp³-hybridized carbons (Fsp3) is 0.500. The van der Waals surface area contributed by atoms with Crippen molar-refractivity contribution >= 4 is 34.3 Å². The molecule has 2 unspecified atom stereocenters. The van der Waals surface area contributed by atoms with Crippen molar-refractivity contribution in [3.63, 3.8) is 0 Å². The smallest absolute Gasteiger partial charge is 0.238 e. The number of nitrogens with zero attached hydrogens (tertiary/aromatic N) is 3. The van der Waals surface area contributed by atoms with Crippen LogP contribution in [-0.4, -0.2) is 41.7 Å². The molecule has 0 aromatic heterocycles. The second-order valence-electron chi connectivity index (χ2n) is 5.47. The van der Waals surface area contributed by atoms with Gasteiger partial charge in [0.2, 0.25) is 5.91 Å². The van der Waals surface area contributed by atoms with Crippen molar-refractivity contribution in [1.82, 2.24) is 4.90 Å². The van der Waals surface area contributed by atoms with Crippen molar-refractivity contribution < 1.29 is 9.90 Å². The number of anilines is 1. The number of fused-ring (bicyclic) bond motifs is 1. The molecule has 7 heteroatoms. The van der Waals surface area contributed by atoms with Crippen molar-refractivity contribution in [3.8, 4) is 0 Å². The van der Waals surface area contributed by atoms with Crippen LogP contribution < -0.4 is 5.32 Å². The highest BCUT2D eigenvalue weighted by Gasteiger charge is 2.31. The van der Waals surface area contributed by atoms with Gasteiger partial charge in [0.15, 0.2) is 0 Å². The minimum Gasteiger partial charge on any atom is -0.395 e. The van der Waals surface area contributed by atoms with E-state index in [9.17, 15) is 9.90 Å². The number of aliphatic hydroxyl groups excluding tert-OH is 1. The maximum absolute atomic E-state index is 12.2. The van der Waals surface area contributed by atoms with Gasteiger partial charge >= 0.3 is 0 Å². The molecule has 1 saturated heterocycles. The summed E-state index contributed by atoms with van der Waals surface area (Å²) < 4.78 is 8.37. The Morgan fingerprint density at radius 3 is 3.19 bits per heavy atom. The van der Waals surface area contributed by atoms with Crippen LogP contribution >= 0.6 is 0 Å². The Balaban J connectivity index is 1.65. The third-order valence-electron chi connectivity index (χ3n) is 4.09. The van der Waals surface area contributed by atoms with Crippen molar-refractivity contribution in [2.75, 3.05) is 25.0 Å². The molecule has 21 heavy (non-hydrogen) atoms. The molecule has 112 valence electrons. The van der Waals surface area contributed by atoms with Crippen LogP contribution in [0, 0.1) is 5.92 Å². The Labute approximate surface area is 127 Å². The number of carbonyl (C=O) groups excluding carboxylic acids is 1. The van der Waals surface area contributed by atoms with Crippen LogP contribution in [0.4, 0.5) is 17.1 Å². The normalized spacial score (nSPS) is 23.9. The van der Waals surface area contributed by atoms with Crippen molar-refractivity contribution in [3.05, 3.63) is 18.2 Å². The predicted molar refractivity (Wildman–Crippen MR) is 82.8 cm³/mol. The largest absolute Gasteiger partial charge is 0.395 e. The number of amides is 1. The molecule has 1 aromatic carbocycles. The highest BCUT2D eigenvalue weighted by Crippen LogP contribution is 2.38. The zero-order valence-corrected chi connectivity index (χ0v) is 12.6. The Morgan fingerprint density at radius 2 is 2.38 bits per heavy atom. The molecule has 1 aromatic rings. The first-order valence-electron chi connectivity index (χ1n) is 7.05. The van der Waals surface area contributed by atoms with Gasteiger partial charge in [0.05, 0.1) is 30.2 Å². The van der Waals surface area contributed by atoms with Gasteiger partial charge in [-0.25, -0.2) is 0 Å². The van der Waals surface area contributed by atoms with E-state index in [-0.39, 0.29) is 18.6 Å². The second-order valence-corrected chi connectivity index (χ2v) is 6.00. The number of hydrogen-bond acceptors (Lipinski definition) is 5. The lowest BCUT2D eigenvalue weighted by molar-refractivity contribution is -0.117. The van der Waals surface area contributed by atoms with Gasteiger partial charge in [0.1, 0.15) is 11.4 Å². The Morgan fingerprint density at radius 1 is 1.52 bits per heavy atom. The van der Waals surface area contributed by atoms with Gasteiger partial charge in [-0.05, 0) is 31.0 Å². The van der Waals surface area contributed by atoms with Crippen LogP contribution in [0.5, 0.6) is 0 Å². The molecule has 6 nitrogen and oxygen atoms in total. The molecule has 2 atom stereocenters. The lowest BCUT2D eigenvalue weighted by atomic mass is 10.0. The van der Waals surface area contributed by atoms with Crippen LogP contribution in [0.15, 0.2) is 26.9 Å². The van der Waals surface area contributed by atoms with E-state index in [2.05, 4.69) is 21.0 Å². The van der Waals surface area contributed by atoms with Crippen LogP contribution in [0.3, 0.4) is 0 Å². The van der Waals surface area contributed by atoms with Crippen molar-refractivity contribution in [2.45, 2.75) is 19.4 Å². The van der Waals surface area contributed by atoms with E-state index in [1.54, 1.807) is 0 Å². The SMILES string of the molecule is CC1CCN(CC(=O)Nc2cccc3c2N=S=N3)C1CO. The number of hydrogen-bond donors (Lipinski definition) is 2. The monoisotopic (exact) mass is 306 g/mol. The first-order chi connectivity index (χ1) is 10.2. The number of rotatable bonds is 4. The topological polar surface area (TPSA) is 77.3 Å². The third kappa shape index (κ3) is 2.90. The van der Waals surface area contributed by atoms with Gasteiger partial charge in [-0.1, -0.05) is 13.0 Å². The van der Waals surface area contributed by atoms with Crippen molar-refractivity contribution in [1.29, 1.82) is 0 Å². The molecule has 1 amide bonds. The summed E-state index contributed by atoms with van der Waals surface area (Å²) >= 11 is 1.14. The molecule has 2 N–H and O–H groups in total. The fourth-order valence-corrected chi connectivity index (χ4v) is 3.41. The van der Waals surface area contributed by atoms with Crippen LogP contribution in [0.25, 0.3) is 0 Å². The van der Waals surface area contributed by atoms with Crippen LogP contribution in [-0.2, 0) is 16.1 Å². The van der Waals surface area contributed by atoms with Gasteiger partial charge in [-0.3, -0.25) is 9.69 Å². The summed E-state index contributed by atoms with van der Waals surface area (Å²) in [6, 6.07) is 5.64. The third-order valence-corrected chi connectivity index (χ3v) is 4.63. The molecule has 3 rings (SSSR count). The lowest BCUT2D eigenvalue weighted by Crippen LogP contribution is -2.40. The van der Waals surface area contributed by atoms with Gasteiger partial charge < -0.3 is 10.4 Å². The van der Waals surface area contributed by atoms with Gasteiger partial charge in [-0.15, -0.1) is 0 Å². The predicted octanol–water partition coefficient (Wildman–Crippen LogP) is 2.05. The minimum absolute atomic E-state index is 0.0764. The van der Waals surface area contributed by atoms with Crippen LogP contribution in [0.2, 0.25) is 0 Å². The van der Waals surface area contributed by atoms with E-state index in [4.69, 9.17) is 0 Å². The summed E-state index contributed by atoms with van der Waals surface area (Å²) in [5, 5.41) is 12.3. The van der Waals surface area contributed by atoms with Crippen LogP contribution in [0.1, 0.15) is 13.3 Å². The number of benzene rings is 1. The zero-order chi connectivity index (χ0) is 14.8. The molecule has 2 heterocycles. The summed E-state index contributed by atoms with van der Waals surface area (Å²) in [5.74, 6) is 0.344. The zero-order valence-electron chi connectivity index (χ0n) is 11.8. The minimum atomic E-state index is -0.0805. The highest BCUT2D eigenvalue weighted by molar-refractivity contribution is 7.58. The van der Waals surface area contributed by atoms with E-state index in [1.165, 1.54) is 0 Å². The maximum atomic E-state index is 12.2. The first kappa shape index (κ1) is 14.4. The molecule has 0 spiro atoms. The van der Waals surface area contributed by atoms with Gasteiger partial charge in [0.25, 0.3) is 0 Å². The molecule has 0 radical (unpaired) electrons. The Kier molecular flexibility index (Phi) is 4.14. The Bertz CT molecular complexity index is 627. The number of aliphatic hydroxyl groups is 1. The number of likely N-dealkylation sites (tertiary alicyclic amines) is 1. The molecule has 0 aliphatic carbocycles. The number of carbonyl (C=O) groups is 1. The summed E-state index contributed by atoms with van der Waals surface area (Å²) in [7, 11) is 0. The van der Waals surface area contributed by atoms with E-state index >= 15 is 0 Å². The summed E-state index contributed by atoms with van der Waals surface area (Å²) in [6.07, 6.45) is 1.02. The fourth-order valence-electron chi connectivity index (χ4n) is 2.86. The molecular formula is C14H18N4O2S. The Hall–Kier alpha value is -1.57. The maximum Gasteiger partial charge on any atom is 0.238 e. The second kappa shape index (κ2) is 6.05. The van der Waals surface area contributed by atoms with E-state index in [0.717, 1.165) is 35.7 Å². The highest BCUT2D eigenvalue weighted by atomic mass is 32.1. The van der Waals surface area contributed by atoms with Crippen molar-refractivity contribution in [2.24, 2.45) is 14.6 Å². The summed E-state index contributed by atoms with van der Waals surface area (Å²) in [6.45, 7) is 3.35. The first-order valence-corrected chi connectivity index (χ1v) is 7.78. The van der Waals surface area contributed by atoms with E-state index < -0.39 is 0 Å². The molecule has 1 fully saturated rings. The molecule has 0 saturated carbocycles. The average Bonchev–Trinajstić information content (AvgIpc) is 3.06. The van der Waals surface area contributed by atoms with Gasteiger partial charge in [-0.2, -0.15) is 8.73 Å².